The van der Waals surface area contributed by atoms with Crippen LogP contribution in [0.2, 0.25) is 0 Å². The Balaban J connectivity index is 1.50. The lowest BCUT2D eigenvalue weighted by molar-refractivity contribution is -0.145. The van der Waals surface area contributed by atoms with E-state index in [9.17, 15) is 62.6 Å². The Morgan fingerprint density at radius 3 is 2.15 bits per heavy atom. The molecule has 71 heavy (non-hydrogen) atoms. The maximum atomic E-state index is 14.7. The van der Waals surface area contributed by atoms with Gasteiger partial charge in [-0.15, -0.1) is 11.8 Å². The van der Waals surface area contributed by atoms with Gasteiger partial charge >= 0.3 is 0 Å². The van der Waals surface area contributed by atoms with Crippen molar-refractivity contribution in [3.8, 4) is 0 Å². The Morgan fingerprint density at radius 2 is 1.49 bits per heavy atom. The highest BCUT2D eigenvalue weighted by atomic mass is 32.2. The summed E-state index contributed by atoms with van der Waals surface area (Å²) in [6, 6.07) is -0.000728. The fraction of sp³-hybridized carbons (Fsp3) is 0.551. The molecule has 1 fully saturated rings. The van der Waals surface area contributed by atoms with Gasteiger partial charge in [-0.25, -0.2) is 0 Å². The Labute approximate surface area is 413 Å². The summed E-state index contributed by atoms with van der Waals surface area (Å²) in [5, 5.41) is 22.5. The average molecular weight is 1000 g/mol. The van der Waals surface area contributed by atoms with Crippen LogP contribution in [0.25, 0.3) is 10.9 Å². The summed E-state index contributed by atoms with van der Waals surface area (Å²) < 4.78 is 0. The number of nitrogens with one attached hydrogen (secondary N) is 5. The van der Waals surface area contributed by atoms with Crippen LogP contribution in [-0.4, -0.2) is 146 Å². The third-order valence-corrected chi connectivity index (χ3v) is 15.0. The third-order valence-electron chi connectivity index (χ3n) is 13.8. The van der Waals surface area contributed by atoms with Crippen LogP contribution in [0.15, 0.2) is 35.4 Å². The molecule has 5 heterocycles. The summed E-state index contributed by atoms with van der Waals surface area (Å²) >= 11 is 1.06. The minimum Gasteiger partial charge on any atom is -0.391 e. The van der Waals surface area contributed by atoms with Gasteiger partial charge in [-0.1, -0.05) is 46.6 Å². The van der Waals surface area contributed by atoms with E-state index in [1.54, 1.807) is 39.0 Å². The molecule has 6 rings (SSSR count). The van der Waals surface area contributed by atoms with Gasteiger partial charge < -0.3 is 42.0 Å². The van der Waals surface area contributed by atoms with Gasteiger partial charge in [-0.3, -0.25) is 62.4 Å². The number of rotatable bonds is 10. The standard InChI is InChI=1S/C49H62N8O13S/c1-5-24(3)44-36(60)9-10-40(64)52-34-23-71-48-32(31-14-26(7-8-33(31)53-48)13-29(58)22-57-42(66)11-12-43(57)67)15-27(46(68)51-20-41(65)54-44)16-38(62)45(25(4)6-2)55-47(69)35-19-30(59)21-56(35)49(70)28(17-37(34)61)18-39(50)63/h7-8,11-12,14,24-25,27-28,30,34-35,44-45,53,59H,5-6,9-10,13,15-23H2,1-4H3,(H2,50,63)(H,51,68)(H,52,64)(H,54,65)(H,55,69)/t24-,25?,27-,28-,30+,34-,35-,44+,45-/m0/s1. The van der Waals surface area contributed by atoms with E-state index < -0.39 is 163 Å². The van der Waals surface area contributed by atoms with E-state index >= 15 is 0 Å². The lowest BCUT2D eigenvalue weighted by Crippen LogP contribution is -2.54. The van der Waals surface area contributed by atoms with E-state index in [1.807, 2.05) is 6.92 Å². The number of aromatic amines is 1. The van der Waals surface area contributed by atoms with Crippen LogP contribution >= 0.6 is 11.8 Å². The second kappa shape index (κ2) is 23.6. The fourth-order valence-electron chi connectivity index (χ4n) is 9.42. The van der Waals surface area contributed by atoms with E-state index in [0.29, 0.717) is 39.9 Å². The predicted octanol–water partition coefficient (Wildman–Crippen LogP) is -0.134. The highest BCUT2D eigenvalue weighted by Gasteiger charge is 2.44. The Hall–Kier alpha value is -6.55. The van der Waals surface area contributed by atoms with Crippen LogP contribution in [-0.2, 0) is 70.4 Å². The second-order valence-electron chi connectivity index (χ2n) is 19.0. The lowest BCUT2D eigenvalue weighted by Gasteiger charge is -2.31. The van der Waals surface area contributed by atoms with Gasteiger partial charge in [0, 0.05) is 86.2 Å². The van der Waals surface area contributed by atoms with Gasteiger partial charge in [0.1, 0.15) is 6.04 Å². The first-order chi connectivity index (χ1) is 33.7. The van der Waals surface area contributed by atoms with Crippen molar-refractivity contribution in [1.82, 2.24) is 36.1 Å². The molecule has 1 aromatic carbocycles. The molecule has 0 aliphatic carbocycles. The fourth-order valence-corrected chi connectivity index (χ4v) is 10.6. The largest absolute Gasteiger partial charge is 0.391 e. The molecule has 9 atom stereocenters. The van der Waals surface area contributed by atoms with Crippen LogP contribution in [0.1, 0.15) is 90.2 Å². The average Bonchev–Trinajstić information content (AvgIpc) is 3.99. The number of aliphatic hydroxyl groups is 1. The number of Topliss-reactive ketones (excluding diaryl/α,β-unsaturated/α-hetero) is 4. The number of primary amides is 1. The van der Waals surface area contributed by atoms with Crippen LogP contribution < -0.4 is 27.0 Å². The quantitative estimate of drug-likeness (QED) is 0.153. The zero-order valence-electron chi connectivity index (χ0n) is 40.2. The Morgan fingerprint density at radius 1 is 0.817 bits per heavy atom. The lowest BCUT2D eigenvalue weighted by atomic mass is 9.86. The number of carbonyl (C=O) groups is 12. The van der Waals surface area contributed by atoms with E-state index in [4.69, 9.17) is 5.73 Å². The van der Waals surface area contributed by atoms with Crippen molar-refractivity contribution >= 4 is 93.1 Å². The first-order valence-electron chi connectivity index (χ1n) is 24.0. The summed E-state index contributed by atoms with van der Waals surface area (Å²) in [6.07, 6.45) is -1.37. The molecule has 22 heteroatoms. The van der Waals surface area contributed by atoms with Crippen molar-refractivity contribution in [1.29, 1.82) is 0 Å². The number of imide groups is 1. The summed E-state index contributed by atoms with van der Waals surface area (Å²) in [4.78, 5) is 169. The molecule has 8 amide bonds. The molecule has 0 saturated carbocycles. The van der Waals surface area contributed by atoms with E-state index in [2.05, 4.69) is 26.3 Å². The molecule has 2 bridgehead atoms. The van der Waals surface area contributed by atoms with Gasteiger partial charge in [0.15, 0.2) is 23.1 Å². The first-order valence-corrected chi connectivity index (χ1v) is 25.0. The third kappa shape index (κ3) is 13.3. The number of benzene rings is 1. The second-order valence-corrected chi connectivity index (χ2v) is 20.1. The molecular weight excluding hydrogens is 941 g/mol. The number of aliphatic hydroxyl groups excluding tert-OH is 1. The minimum absolute atomic E-state index is 0.195. The molecule has 0 radical (unpaired) electrons. The molecule has 8 N–H and O–H groups in total. The maximum Gasteiger partial charge on any atom is 0.254 e. The number of aromatic nitrogens is 1. The number of nitrogens with zero attached hydrogens (tertiary/aromatic N) is 2. The van der Waals surface area contributed by atoms with Gasteiger partial charge in [-0.2, -0.15) is 0 Å². The van der Waals surface area contributed by atoms with Crippen molar-refractivity contribution in [3.63, 3.8) is 0 Å². The number of carbonyl (C=O) groups excluding carboxylic acids is 12. The van der Waals surface area contributed by atoms with Crippen LogP contribution in [0.5, 0.6) is 0 Å². The minimum atomic E-state index is -1.44. The van der Waals surface area contributed by atoms with Crippen molar-refractivity contribution in [2.24, 2.45) is 29.4 Å². The van der Waals surface area contributed by atoms with E-state index in [-0.39, 0.29) is 38.0 Å². The van der Waals surface area contributed by atoms with Crippen LogP contribution in [0, 0.1) is 23.7 Å². The monoisotopic (exact) mass is 1000 g/mol. The van der Waals surface area contributed by atoms with Crippen molar-refractivity contribution in [2.75, 3.05) is 25.4 Å². The highest BCUT2D eigenvalue weighted by Crippen LogP contribution is 2.35. The number of amides is 8. The predicted molar refractivity (Wildman–Crippen MR) is 255 cm³/mol. The first kappa shape index (κ1) is 53.8. The van der Waals surface area contributed by atoms with Gasteiger partial charge in [0.25, 0.3) is 11.8 Å². The summed E-state index contributed by atoms with van der Waals surface area (Å²) in [7, 11) is 0. The van der Waals surface area contributed by atoms with Crippen molar-refractivity contribution < 1.29 is 62.6 Å². The number of thioether (sulfide) groups is 1. The topological polar surface area (TPSA) is 321 Å². The number of nitrogens with two attached hydrogens (primary N) is 1. The van der Waals surface area contributed by atoms with E-state index in [1.165, 1.54) is 0 Å². The zero-order valence-corrected chi connectivity index (χ0v) is 41.0. The summed E-state index contributed by atoms with van der Waals surface area (Å²) in [5.74, 6) is -12.0. The highest BCUT2D eigenvalue weighted by molar-refractivity contribution is 7.99. The SMILES string of the molecule is CCC(C)[C@@H]1NC(=O)[C@@H]2C[C@@H](O)CN2C(=O)[C@H](CC(N)=O)CC(=O)[C@@H]2CSc3[nH]c4ccc(CC(=O)CN5C(=O)C=CC5=O)cc4c3C[C@@H](CC1=O)C(=O)NCC(=O)N[C@H]([C@@H](C)CC)C(=O)CCC(=O)N2. The van der Waals surface area contributed by atoms with Gasteiger partial charge in [-0.05, 0) is 41.5 Å². The molecule has 2 aromatic rings. The molecule has 1 saturated heterocycles. The molecule has 4 aliphatic heterocycles. The molecule has 4 aliphatic rings. The summed E-state index contributed by atoms with van der Waals surface area (Å²) in [6.45, 7) is 5.65. The number of H-pyrrole nitrogens is 1. The maximum absolute atomic E-state index is 14.7. The molecule has 21 nitrogen and oxygen atoms in total. The normalized spacial score (nSPS) is 26.6. The zero-order chi connectivity index (χ0) is 51.8. The molecule has 1 unspecified atom stereocenters. The number of fused-ring (bicyclic) bond motifs is 5. The van der Waals surface area contributed by atoms with E-state index in [0.717, 1.165) is 33.7 Å². The van der Waals surface area contributed by atoms with Gasteiger partial charge in [0.2, 0.25) is 35.4 Å². The molecule has 1 aromatic heterocycles. The smallest absolute Gasteiger partial charge is 0.254 e. The van der Waals surface area contributed by atoms with Crippen molar-refractivity contribution in [3.05, 3.63) is 41.5 Å². The number of ketones is 4. The van der Waals surface area contributed by atoms with Crippen molar-refractivity contribution in [2.45, 2.75) is 127 Å². The van der Waals surface area contributed by atoms with Crippen LogP contribution in [0.3, 0.4) is 0 Å². The Bertz CT molecular complexity index is 2520. The molecular formula is C49H62N8O13S. The molecule has 0 spiro atoms. The Kier molecular flexibility index (Phi) is 17.9. The van der Waals surface area contributed by atoms with Crippen LogP contribution in [0.4, 0.5) is 0 Å². The summed E-state index contributed by atoms with van der Waals surface area (Å²) in [5.41, 5.74) is 7.01. The molecule has 382 valence electrons. The number of hydrogen-bond acceptors (Lipinski definition) is 14. The van der Waals surface area contributed by atoms with Gasteiger partial charge in [0.05, 0.1) is 48.3 Å². The number of hydrogen-bond donors (Lipinski definition) is 7.